The minimum Gasteiger partial charge on any atom is -0.464 e. The summed E-state index contributed by atoms with van der Waals surface area (Å²) in [6, 6.07) is 3.67. The number of pyridine rings is 1. The van der Waals surface area contributed by atoms with E-state index in [4.69, 9.17) is 9.90 Å². The molecule has 5 nitrogen and oxygen atoms in total. The molecule has 0 spiro atoms. The first-order chi connectivity index (χ1) is 6.88. The molecule has 0 unspecified atom stereocenters. The van der Waals surface area contributed by atoms with Crippen LogP contribution in [0.2, 0.25) is 0 Å². The maximum Gasteiger partial charge on any atom is 0.433 e. The molecule has 8 heteroatoms. The second-order valence-corrected chi connectivity index (χ2v) is 2.16. The minimum atomic E-state index is -4.32. The number of halogens is 3. The van der Waals surface area contributed by atoms with Crippen molar-refractivity contribution in [3.05, 3.63) is 30.1 Å². The Kier molecular flexibility index (Phi) is 5.10. The van der Waals surface area contributed by atoms with Gasteiger partial charge in [0.2, 0.25) is 0 Å². The quantitative estimate of drug-likeness (QED) is 0.350. The van der Waals surface area contributed by atoms with E-state index in [2.05, 4.69) is 10.8 Å². The number of rotatable bonds is 0. The molecule has 0 saturated carbocycles. The Hall–Kier alpha value is -1.83. The van der Waals surface area contributed by atoms with E-state index < -0.39 is 18.0 Å². The Morgan fingerprint density at radius 2 is 2.00 bits per heavy atom. The highest BCUT2D eigenvalue weighted by atomic mass is 19.4. The van der Waals surface area contributed by atoms with Crippen molar-refractivity contribution in [1.29, 1.82) is 0 Å². The van der Waals surface area contributed by atoms with Gasteiger partial charge in [-0.25, -0.2) is 10.6 Å². The van der Waals surface area contributed by atoms with Crippen LogP contribution < -0.4 is 11.3 Å². The third-order valence-corrected chi connectivity index (χ3v) is 1.08. The summed E-state index contributed by atoms with van der Waals surface area (Å²) in [5.41, 5.74) is 0.593. The van der Waals surface area contributed by atoms with E-state index in [9.17, 15) is 13.2 Å². The van der Waals surface area contributed by atoms with E-state index in [-0.39, 0.29) is 0 Å². The third kappa shape index (κ3) is 6.27. The zero-order chi connectivity index (χ0) is 11.9. The highest BCUT2D eigenvalue weighted by Crippen LogP contribution is 2.26. The van der Waals surface area contributed by atoms with Crippen LogP contribution in [0.3, 0.4) is 0 Å². The van der Waals surface area contributed by atoms with Crippen molar-refractivity contribution in [2.45, 2.75) is 6.18 Å². The van der Waals surface area contributed by atoms with Gasteiger partial charge < -0.3 is 5.11 Å². The van der Waals surface area contributed by atoms with E-state index in [1.807, 2.05) is 0 Å². The predicted molar refractivity (Wildman–Crippen MR) is 44.6 cm³/mol. The summed E-state index contributed by atoms with van der Waals surface area (Å²) in [7, 11) is 0. The number of nitrogens with one attached hydrogen (secondary N) is 1. The summed E-state index contributed by atoms with van der Waals surface area (Å²) in [5.74, 6) is 4.32. The van der Waals surface area contributed by atoms with Gasteiger partial charge in [-0.1, -0.05) is 6.07 Å². The van der Waals surface area contributed by atoms with Crippen LogP contribution in [-0.2, 0) is 6.18 Å². The van der Waals surface area contributed by atoms with Gasteiger partial charge in [0.05, 0.1) is 0 Å². The lowest BCUT2D eigenvalue weighted by atomic mass is 10.3. The maximum atomic E-state index is 11.7. The molecular formula is C7H8F3N3O2. The van der Waals surface area contributed by atoms with Crippen molar-refractivity contribution in [2.75, 3.05) is 0 Å². The summed E-state index contributed by atoms with van der Waals surface area (Å²) >= 11 is 0. The first-order valence-corrected chi connectivity index (χ1v) is 3.55. The number of carbonyl (C=O) groups is 1. The highest BCUT2D eigenvalue weighted by molar-refractivity contribution is 5.63. The van der Waals surface area contributed by atoms with Gasteiger partial charge in [0.25, 0.3) is 0 Å². The number of aromatic nitrogens is 1. The normalized spacial score (nSPS) is 9.87. The molecule has 0 saturated heterocycles. The number of hydrogen-bond acceptors (Lipinski definition) is 3. The van der Waals surface area contributed by atoms with E-state index in [1.165, 1.54) is 17.6 Å². The number of hydrogen-bond donors (Lipinski definition) is 3. The molecule has 1 aromatic heterocycles. The van der Waals surface area contributed by atoms with Crippen molar-refractivity contribution in [1.82, 2.24) is 10.4 Å². The summed E-state index contributed by atoms with van der Waals surface area (Å²) < 4.78 is 35.2. The van der Waals surface area contributed by atoms with Crippen molar-refractivity contribution in [3.63, 3.8) is 0 Å². The number of amides is 1. The summed E-state index contributed by atoms with van der Waals surface area (Å²) in [6.07, 6.45) is -4.42. The van der Waals surface area contributed by atoms with Crippen molar-refractivity contribution >= 4 is 6.09 Å². The molecule has 84 valence electrons. The van der Waals surface area contributed by atoms with Gasteiger partial charge in [-0.3, -0.25) is 10.4 Å². The molecule has 0 aliphatic rings. The van der Waals surface area contributed by atoms with E-state index in [0.29, 0.717) is 0 Å². The molecule has 0 bridgehead atoms. The lowest BCUT2D eigenvalue weighted by Gasteiger charge is -2.02. The maximum absolute atomic E-state index is 11.7. The molecule has 0 atom stereocenters. The molecule has 1 aromatic rings. The van der Waals surface area contributed by atoms with E-state index >= 15 is 0 Å². The predicted octanol–water partition coefficient (Wildman–Crippen LogP) is 1.23. The van der Waals surface area contributed by atoms with E-state index in [0.717, 1.165) is 12.3 Å². The van der Waals surface area contributed by atoms with Gasteiger partial charge in [0.15, 0.2) is 0 Å². The van der Waals surface area contributed by atoms with Gasteiger partial charge in [0.1, 0.15) is 5.69 Å². The fourth-order valence-corrected chi connectivity index (χ4v) is 0.530. The zero-order valence-corrected chi connectivity index (χ0v) is 7.32. The molecule has 1 heterocycles. The van der Waals surface area contributed by atoms with Gasteiger partial charge >= 0.3 is 12.3 Å². The topological polar surface area (TPSA) is 88.2 Å². The second-order valence-electron chi connectivity index (χ2n) is 2.16. The smallest absolute Gasteiger partial charge is 0.433 e. The number of nitrogens with zero attached hydrogens (tertiary/aromatic N) is 1. The molecule has 0 aromatic carbocycles. The molecule has 0 fully saturated rings. The lowest BCUT2D eigenvalue weighted by Crippen LogP contribution is -2.27. The Bertz CT molecular complexity index is 302. The molecule has 0 aliphatic heterocycles. The van der Waals surface area contributed by atoms with Crippen LogP contribution in [0.4, 0.5) is 18.0 Å². The molecule has 4 N–H and O–H groups in total. The minimum absolute atomic E-state index is 0.852. The lowest BCUT2D eigenvalue weighted by molar-refractivity contribution is -0.141. The fraction of sp³-hybridized carbons (Fsp3) is 0.143. The number of carboxylic acid groups (broad SMARTS) is 1. The largest absolute Gasteiger partial charge is 0.464 e. The number of alkyl halides is 3. The van der Waals surface area contributed by atoms with Crippen LogP contribution in [0, 0.1) is 0 Å². The standard InChI is InChI=1S/C6H4F3N.CH4N2O2/c7-6(8,9)5-3-1-2-4-10-5;2-3-1(4)5/h1-4H;3H,2H2,(H,4,5). The fourth-order valence-electron chi connectivity index (χ4n) is 0.530. The second kappa shape index (κ2) is 5.81. The first-order valence-electron chi connectivity index (χ1n) is 3.55. The van der Waals surface area contributed by atoms with Crippen molar-refractivity contribution in [2.24, 2.45) is 5.84 Å². The molecule has 15 heavy (non-hydrogen) atoms. The highest BCUT2D eigenvalue weighted by Gasteiger charge is 2.31. The van der Waals surface area contributed by atoms with Crippen LogP contribution in [0.5, 0.6) is 0 Å². The number of nitrogens with two attached hydrogens (primary N) is 1. The van der Waals surface area contributed by atoms with Crippen LogP contribution >= 0.6 is 0 Å². The zero-order valence-electron chi connectivity index (χ0n) is 7.32. The Morgan fingerprint density at radius 3 is 2.20 bits per heavy atom. The Balaban J connectivity index is 0.000000336. The summed E-state index contributed by atoms with van der Waals surface area (Å²) in [4.78, 5) is 12.3. The average molecular weight is 223 g/mol. The Labute approximate surface area is 82.7 Å². The van der Waals surface area contributed by atoms with Crippen LogP contribution in [0.15, 0.2) is 24.4 Å². The average Bonchev–Trinajstić information content (AvgIpc) is 2.19. The van der Waals surface area contributed by atoms with Crippen LogP contribution in [0.25, 0.3) is 0 Å². The summed E-state index contributed by atoms with van der Waals surface area (Å²) in [6.45, 7) is 0. The molecule has 1 amide bonds. The van der Waals surface area contributed by atoms with Gasteiger partial charge in [-0.05, 0) is 12.1 Å². The number of hydrazine groups is 1. The van der Waals surface area contributed by atoms with Crippen molar-refractivity contribution in [3.8, 4) is 0 Å². The van der Waals surface area contributed by atoms with Crippen LogP contribution in [-0.4, -0.2) is 16.2 Å². The van der Waals surface area contributed by atoms with Crippen molar-refractivity contribution < 1.29 is 23.1 Å². The SMILES string of the molecule is FC(F)(F)c1ccccn1.NNC(=O)O. The molecule has 1 rings (SSSR count). The van der Waals surface area contributed by atoms with E-state index in [1.54, 1.807) is 0 Å². The monoisotopic (exact) mass is 223 g/mol. The van der Waals surface area contributed by atoms with Gasteiger partial charge in [-0.2, -0.15) is 13.2 Å². The van der Waals surface area contributed by atoms with Gasteiger partial charge in [0, 0.05) is 6.20 Å². The molecule has 0 radical (unpaired) electrons. The molecular weight excluding hydrogens is 215 g/mol. The third-order valence-electron chi connectivity index (χ3n) is 1.08. The van der Waals surface area contributed by atoms with Gasteiger partial charge in [-0.15, -0.1) is 0 Å². The summed E-state index contributed by atoms with van der Waals surface area (Å²) in [5, 5.41) is 7.49. The Morgan fingerprint density at radius 1 is 1.47 bits per heavy atom. The first kappa shape index (κ1) is 13.2. The van der Waals surface area contributed by atoms with Crippen LogP contribution in [0.1, 0.15) is 5.69 Å². The molecule has 0 aliphatic carbocycles.